The first-order valence-corrected chi connectivity index (χ1v) is 7.90. The number of hydrogen-bond acceptors (Lipinski definition) is 3. The molecule has 0 aromatic heterocycles. The molecule has 0 heterocycles. The normalized spacial score (nSPS) is 9.92. The van der Waals surface area contributed by atoms with Gasteiger partial charge in [0.05, 0.1) is 11.1 Å². The van der Waals surface area contributed by atoms with E-state index in [1.165, 1.54) is 11.1 Å². The van der Waals surface area contributed by atoms with Crippen LogP contribution in [-0.2, 0) is 0 Å². The van der Waals surface area contributed by atoms with E-state index in [1.807, 2.05) is 37.3 Å². The van der Waals surface area contributed by atoms with E-state index in [1.54, 1.807) is 18.2 Å². The molecule has 0 saturated carbocycles. The van der Waals surface area contributed by atoms with Crippen LogP contribution in [0.1, 0.15) is 22.3 Å². The molecule has 0 radical (unpaired) electrons. The van der Waals surface area contributed by atoms with Crippen LogP contribution in [0.15, 0.2) is 60.7 Å². The maximum atomic E-state index is 9.12. The number of nitrogens with zero attached hydrogens (tertiary/aromatic N) is 2. The molecule has 0 spiro atoms. The Morgan fingerprint density at radius 1 is 0.760 bits per heavy atom. The standard InChI is InChI=1S/C22H16N2O/c1-15-4-3-5-17(10-15)18-7-9-22(16(2)11-18)25-21-8-6-19(13-23)20(12-21)14-24/h3-12H,1-2H3. The minimum absolute atomic E-state index is 0.314. The molecule has 0 saturated heterocycles. The average Bonchev–Trinajstić information content (AvgIpc) is 2.63. The number of aryl methyl sites for hydroxylation is 2. The Labute approximate surface area is 147 Å². The predicted octanol–water partition coefficient (Wildman–Crippen LogP) is 5.51. The highest BCUT2D eigenvalue weighted by Gasteiger charge is 2.08. The second-order valence-electron chi connectivity index (χ2n) is 5.88. The van der Waals surface area contributed by atoms with Gasteiger partial charge in [-0.1, -0.05) is 35.9 Å². The zero-order valence-electron chi connectivity index (χ0n) is 14.1. The monoisotopic (exact) mass is 324 g/mol. The van der Waals surface area contributed by atoms with E-state index in [9.17, 15) is 0 Å². The summed E-state index contributed by atoms with van der Waals surface area (Å²) in [6, 6.07) is 23.3. The smallest absolute Gasteiger partial charge is 0.130 e. The van der Waals surface area contributed by atoms with Crippen molar-refractivity contribution in [3.63, 3.8) is 0 Å². The molecular weight excluding hydrogens is 308 g/mol. The van der Waals surface area contributed by atoms with E-state index in [0.29, 0.717) is 16.9 Å². The van der Waals surface area contributed by atoms with Gasteiger partial charge in [0.1, 0.15) is 23.6 Å². The number of hydrogen-bond donors (Lipinski definition) is 0. The average molecular weight is 324 g/mol. The number of benzene rings is 3. The SMILES string of the molecule is Cc1cccc(-c2ccc(Oc3ccc(C#N)c(C#N)c3)c(C)c2)c1. The Kier molecular flexibility index (Phi) is 4.50. The van der Waals surface area contributed by atoms with Crippen LogP contribution < -0.4 is 4.74 Å². The quantitative estimate of drug-likeness (QED) is 0.638. The molecule has 0 N–H and O–H groups in total. The highest BCUT2D eigenvalue weighted by Crippen LogP contribution is 2.30. The maximum absolute atomic E-state index is 9.12. The van der Waals surface area contributed by atoms with Crippen LogP contribution in [0.2, 0.25) is 0 Å². The third kappa shape index (κ3) is 3.52. The minimum Gasteiger partial charge on any atom is -0.457 e. The summed E-state index contributed by atoms with van der Waals surface area (Å²) in [5.41, 5.74) is 5.18. The molecule has 0 aliphatic carbocycles. The topological polar surface area (TPSA) is 56.8 Å². The van der Waals surface area contributed by atoms with Crippen molar-refractivity contribution in [1.82, 2.24) is 0 Å². The Morgan fingerprint density at radius 2 is 1.52 bits per heavy atom. The lowest BCUT2D eigenvalue weighted by Gasteiger charge is -2.11. The van der Waals surface area contributed by atoms with Crippen molar-refractivity contribution in [2.45, 2.75) is 13.8 Å². The number of rotatable bonds is 3. The van der Waals surface area contributed by atoms with Gasteiger partial charge in [0.25, 0.3) is 0 Å². The van der Waals surface area contributed by atoms with E-state index >= 15 is 0 Å². The molecule has 120 valence electrons. The van der Waals surface area contributed by atoms with Crippen LogP contribution in [0.5, 0.6) is 11.5 Å². The zero-order chi connectivity index (χ0) is 17.8. The van der Waals surface area contributed by atoms with Gasteiger partial charge < -0.3 is 4.74 Å². The lowest BCUT2D eigenvalue weighted by molar-refractivity contribution is 0.479. The van der Waals surface area contributed by atoms with Gasteiger partial charge in [0, 0.05) is 0 Å². The molecule has 0 fully saturated rings. The van der Waals surface area contributed by atoms with E-state index in [2.05, 4.69) is 31.2 Å². The van der Waals surface area contributed by atoms with Crippen LogP contribution in [0.3, 0.4) is 0 Å². The summed E-state index contributed by atoms with van der Waals surface area (Å²) in [6.07, 6.45) is 0. The van der Waals surface area contributed by atoms with Crippen molar-refractivity contribution in [3.8, 4) is 34.8 Å². The van der Waals surface area contributed by atoms with Crippen LogP contribution >= 0.6 is 0 Å². The highest BCUT2D eigenvalue weighted by molar-refractivity contribution is 5.66. The first kappa shape index (κ1) is 16.3. The molecule has 25 heavy (non-hydrogen) atoms. The fourth-order valence-corrected chi connectivity index (χ4v) is 2.67. The van der Waals surface area contributed by atoms with Crippen LogP contribution in [0.4, 0.5) is 0 Å². The molecule has 0 unspecified atom stereocenters. The zero-order valence-corrected chi connectivity index (χ0v) is 14.1. The first-order valence-electron chi connectivity index (χ1n) is 7.90. The van der Waals surface area contributed by atoms with Crippen molar-refractivity contribution in [2.75, 3.05) is 0 Å². The molecule has 3 rings (SSSR count). The van der Waals surface area contributed by atoms with Gasteiger partial charge in [-0.15, -0.1) is 0 Å². The second kappa shape index (κ2) is 6.91. The van der Waals surface area contributed by atoms with Crippen LogP contribution in [0.25, 0.3) is 11.1 Å². The van der Waals surface area contributed by atoms with Crippen LogP contribution in [0, 0.1) is 36.5 Å². The summed E-state index contributed by atoms with van der Waals surface area (Å²) in [6.45, 7) is 4.06. The molecule has 3 aromatic rings. The van der Waals surface area contributed by atoms with E-state index in [4.69, 9.17) is 15.3 Å². The number of nitriles is 2. The molecule has 3 heteroatoms. The molecule has 0 aliphatic heterocycles. The summed E-state index contributed by atoms with van der Waals surface area (Å²) < 4.78 is 5.91. The lowest BCUT2D eigenvalue weighted by Crippen LogP contribution is -1.91. The molecule has 0 atom stereocenters. The molecular formula is C22H16N2O. The van der Waals surface area contributed by atoms with Crippen molar-refractivity contribution in [1.29, 1.82) is 10.5 Å². The van der Waals surface area contributed by atoms with Crippen molar-refractivity contribution in [3.05, 3.63) is 82.9 Å². The van der Waals surface area contributed by atoms with Crippen molar-refractivity contribution >= 4 is 0 Å². The third-order valence-corrected chi connectivity index (χ3v) is 3.99. The Morgan fingerprint density at radius 3 is 2.20 bits per heavy atom. The Balaban J connectivity index is 1.90. The van der Waals surface area contributed by atoms with E-state index in [-0.39, 0.29) is 0 Å². The lowest BCUT2D eigenvalue weighted by atomic mass is 10.0. The van der Waals surface area contributed by atoms with Gasteiger partial charge in [0.15, 0.2) is 0 Å². The maximum Gasteiger partial charge on any atom is 0.130 e. The van der Waals surface area contributed by atoms with Gasteiger partial charge in [-0.2, -0.15) is 10.5 Å². The molecule has 0 amide bonds. The van der Waals surface area contributed by atoms with Gasteiger partial charge >= 0.3 is 0 Å². The largest absolute Gasteiger partial charge is 0.457 e. The summed E-state index contributed by atoms with van der Waals surface area (Å²) >= 11 is 0. The van der Waals surface area contributed by atoms with Gasteiger partial charge in [-0.05, 0) is 60.9 Å². The van der Waals surface area contributed by atoms with Crippen molar-refractivity contribution < 1.29 is 4.74 Å². The van der Waals surface area contributed by atoms with Gasteiger partial charge in [-0.25, -0.2) is 0 Å². The fourth-order valence-electron chi connectivity index (χ4n) is 2.67. The summed E-state index contributed by atoms with van der Waals surface area (Å²) in [5.74, 6) is 1.27. The summed E-state index contributed by atoms with van der Waals surface area (Å²) in [5, 5.41) is 18.1. The molecule has 3 nitrogen and oxygen atoms in total. The highest BCUT2D eigenvalue weighted by atomic mass is 16.5. The predicted molar refractivity (Wildman–Crippen MR) is 97.3 cm³/mol. The first-order chi connectivity index (χ1) is 12.1. The molecule has 3 aromatic carbocycles. The Bertz CT molecular complexity index is 1020. The third-order valence-electron chi connectivity index (χ3n) is 3.99. The van der Waals surface area contributed by atoms with Crippen molar-refractivity contribution in [2.24, 2.45) is 0 Å². The van der Waals surface area contributed by atoms with E-state index < -0.39 is 0 Å². The summed E-state index contributed by atoms with van der Waals surface area (Å²) in [4.78, 5) is 0. The van der Waals surface area contributed by atoms with Gasteiger partial charge in [0.2, 0.25) is 0 Å². The minimum atomic E-state index is 0.314. The second-order valence-corrected chi connectivity index (χ2v) is 5.88. The van der Waals surface area contributed by atoms with Crippen LogP contribution in [-0.4, -0.2) is 0 Å². The van der Waals surface area contributed by atoms with Gasteiger partial charge in [-0.3, -0.25) is 0 Å². The fraction of sp³-hybridized carbons (Fsp3) is 0.0909. The molecule has 0 aliphatic rings. The summed E-state index contributed by atoms with van der Waals surface area (Å²) in [7, 11) is 0. The number of ether oxygens (including phenoxy) is 1. The molecule has 0 bridgehead atoms. The van der Waals surface area contributed by atoms with E-state index in [0.717, 1.165) is 16.9 Å². The Hall–Kier alpha value is -3.56.